The topological polar surface area (TPSA) is 78.3 Å². The molecule has 3 rings (SSSR count). The van der Waals surface area contributed by atoms with Crippen LogP contribution in [0.2, 0.25) is 0 Å². The first-order valence-electron chi connectivity index (χ1n) is 8.07. The maximum Gasteiger partial charge on any atom is 0.263 e. The minimum atomic E-state index is -0.945. The maximum atomic E-state index is 12.3. The van der Waals surface area contributed by atoms with E-state index in [-0.39, 0.29) is 12.5 Å². The number of carbonyl (C=O) groups is 1. The normalized spacial score (nSPS) is 20.9. The molecule has 3 heterocycles. The minimum Gasteiger partial charge on any atom is -0.386 e. The van der Waals surface area contributed by atoms with Crippen LogP contribution in [-0.4, -0.2) is 46.2 Å². The van der Waals surface area contributed by atoms with Gasteiger partial charge in [-0.1, -0.05) is 6.07 Å². The van der Waals surface area contributed by atoms with E-state index in [2.05, 4.69) is 20.2 Å². The summed E-state index contributed by atoms with van der Waals surface area (Å²) in [5.74, 6) is 0.692. The van der Waals surface area contributed by atoms with Gasteiger partial charge in [-0.2, -0.15) is 0 Å². The van der Waals surface area contributed by atoms with Crippen LogP contribution in [0.4, 0.5) is 5.82 Å². The second kappa shape index (κ2) is 6.86. The zero-order valence-corrected chi connectivity index (χ0v) is 14.8. The molecular weight excluding hydrogens is 324 g/mol. The molecule has 2 N–H and O–H groups in total. The fourth-order valence-electron chi connectivity index (χ4n) is 3.06. The smallest absolute Gasteiger partial charge is 0.263 e. The number of amides is 1. The number of aryl methyl sites for hydroxylation is 2. The fourth-order valence-corrected chi connectivity index (χ4v) is 3.90. The number of carbonyl (C=O) groups excluding carboxylic acids is 1. The predicted molar refractivity (Wildman–Crippen MR) is 94.6 cm³/mol. The summed E-state index contributed by atoms with van der Waals surface area (Å²) in [6.07, 6.45) is 3.28. The van der Waals surface area contributed by atoms with Crippen molar-refractivity contribution < 1.29 is 9.90 Å². The van der Waals surface area contributed by atoms with Gasteiger partial charge in [0.1, 0.15) is 10.7 Å². The summed E-state index contributed by atoms with van der Waals surface area (Å²) in [5.41, 5.74) is -0.209. The zero-order valence-electron chi connectivity index (χ0n) is 14.0. The largest absolute Gasteiger partial charge is 0.386 e. The second-order valence-electron chi connectivity index (χ2n) is 6.27. The molecule has 0 unspecified atom stereocenters. The van der Waals surface area contributed by atoms with E-state index in [0.717, 1.165) is 29.5 Å². The average Bonchev–Trinajstić information content (AvgIpc) is 2.92. The van der Waals surface area contributed by atoms with Crippen LogP contribution < -0.4 is 10.2 Å². The van der Waals surface area contributed by atoms with Crippen LogP contribution in [0, 0.1) is 13.8 Å². The van der Waals surface area contributed by atoms with E-state index < -0.39 is 5.60 Å². The van der Waals surface area contributed by atoms with Crippen LogP contribution in [0.5, 0.6) is 0 Å². The van der Waals surface area contributed by atoms with Gasteiger partial charge < -0.3 is 15.3 Å². The van der Waals surface area contributed by atoms with Crippen LogP contribution in [0.3, 0.4) is 0 Å². The number of rotatable bonds is 4. The lowest BCUT2D eigenvalue weighted by molar-refractivity contribution is 0.0255. The van der Waals surface area contributed by atoms with Crippen molar-refractivity contribution in [1.29, 1.82) is 0 Å². The number of hydrogen-bond donors (Lipinski definition) is 2. The van der Waals surface area contributed by atoms with Crippen molar-refractivity contribution in [3.8, 4) is 0 Å². The van der Waals surface area contributed by atoms with E-state index in [1.54, 1.807) is 6.20 Å². The predicted octanol–water partition coefficient (Wildman–Crippen LogP) is 1.92. The number of anilines is 1. The third kappa shape index (κ3) is 3.73. The Bertz CT molecular complexity index is 719. The van der Waals surface area contributed by atoms with Gasteiger partial charge in [0, 0.05) is 25.8 Å². The first-order chi connectivity index (χ1) is 11.5. The molecule has 2 aromatic rings. The molecule has 0 radical (unpaired) electrons. The maximum absolute atomic E-state index is 12.3. The van der Waals surface area contributed by atoms with E-state index in [9.17, 15) is 9.90 Å². The van der Waals surface area contributed by atoms with E-state index in [1.807, 2.05) is 32.0 Å². The third-order valence-corrected chi connectivity index (χ3v) is 5.29. The molecule has 2 aromatic heterocycles. The number of piperidine rings is 1. The molecule has 128 valence electrons. The van der Waals surface area contributed by atoms with Gasteiger partial charge in [0.05, 0.1) is 16.3 Å². The van der Waals surface area contributed by atoms with Crippen molar-refractivity contribution in [3.05, 3.63) is 40.0 Å². The van der Waals surface area contributed by atoms with Crippen molar-refractivity contribution >= 4 is 23.1 Å². The number of aromatic nitrogens is 2. The molecule has 7 heteroatoms. The van der Waals surface area contributed by atoms with Gasteiger partial charge in [0.2, 0.25) is 0 Å². The Labute approximate surface area is 145 Å². The molecule has 0 spiro atoms. The van der Waals surface area contributed by atoms with Crippen LogP contribution in [0.15, 0.2) is 24.4 Å². The molecule has 24 heavy (non-hydrogen) atoms. The van der Waals surface area contributed by atoms with Gasteiger partial charge in [0.15, 0.2) is 0 Å². The number of thiazole rings is 1. The third-order valence-electron chi connectivity index (χ3n) is 4.22. The molecule has 0 saturated carbocycles. The molecule has 0 bridgehead atoms. The second-order valence-corrected chi connectivity index (χ2v) is 7.47. The Balaban J connectivity index is 1.63. The number of nitrogens with one attached hydrogen (secondary N) is 1. The fraction of sp³-hybridized carbons (Fsp3) is 0.471. The van der Waals surface area contributed by atoms with Crippen LogP contribution in [0.25, 0.3) is 0 Å². The van der Waals surface area contributed by atoms with Crippen LogP contribution in [-0.2, 0) is 0 Å². The van der Waals surface area contributed by atoms with E-state index in [0.29, 0.717) is 17.8 Å². The van der Waals surface area contributed by atoms with Crippen LogP contribution >= 0.6 is 11.3 Å². The first-order valence-corrected chi connectivity index (χ1v) is 8.89. The number of nitrogens with zero attached hydrogens (tertiary/aromatic N) is 3. The van der Waals surface area contributed by atoms with Gasteiger partial charge >= 0.3 is 0 Å². The highest BCUT2D eigenvalue weighted by molar-refractivity contribution is 7.13. The van der Waals surface area contributed by atoms with E-state index in [1.165, 1.54) is 11.3 Å². The highest BCUT2D eigenvalue weighted by atomic mass is 32.1. The quantitative estimate of drug-likeness (QED) is 0.884. The summed E-state index contributed by atoms with van der Waals surface area (Å²) in [6, 6.07) is 5.75. The van der Waals surface area contributed by atoms with E-state index in [4.69, 9.17) is 0 Å². The Morgan fingerprint density at radius 3 is 2.96 bits per heavy atom. The van der Waals surface area contributed by atoms with E-state index >= 15 is 0 Å². The number of pyridine rings is 1. The summed E-state index contributed by atoms with van der Waals surface area (Å²) >= 11 is 1.38. The Morgan fingerprint density at radius 1 is 1.46 bits per heavy atom. The monoisotopic (exact) mass is 346 g/mol. The molecule has 0 aromatic carbocycles. The molecule has 1 aliphatic heterocycles. The number of hydrogen-bond acceptors (Lipinski definition) is 6. The highest BCUT2D eigenvalue weighted by Gasteiger charge is 2.34. The van der Waals surface area contributed by atoms with Crippen molar-refractivity contribution in [1.82, 2.24) is 15.3 Å². The highest BCUT2D eigenvalue weighted by Crippen LogP contribution is 2.24. The van der Waals surface area contributed by atoms with Crippen molar-refractivity contribution in [2.45, 2.75) is 32.3 Å². The number of β-amino-alcohol motifs (C(OH)–C–C–N with tert-alkyl or cyclic N) is 1. The van der Waals surface area contributed by atoms with Crippen LogP contribution in [0.1, 0.15) is 33.2 Å². The summed E-state index contributed by atoms with van der Waals surface area (Å²) in [5, 5.41) is 14.6. The van der Waals surface area contributed by atoms with Gasteiger partial charge in [0.25, 0.3) is 5.91 Å². The van der Waals surface area contributed by atoms with Gasteiger partial charge in [-0.3, -0.25) is 4.79 Å². The summed E-state index contributed by atoms with van der Waals surface area (Å²) < 4.78 is 0. The molecule has 0 aliphatic carbocycles. The Morgan fingerprint density at radius 2 is 2.29 bits per heavy atom. The molecular formula is C17H22N4O2S. The lowest BCUT2D eigenvalue weighted by Crippen LogP contribution is -2.54. The van der Waals surface area contributed by atoms with Crippen molar-refractivity contribution in [3.63, 3.8) is 0 Å². The van der Waals surface area contributed by atoms with Gasteiger partial charge in [-0.05, 0) is 38.8 Å². The van der Waals surface area contributed by atoms with Gasteiger partial charge in [-0.25, -0.2) is 9.97 Å². The molecule has 1 aliphatic rings. The molecule has 6 nitrogen and oxygen atoms in total. The lowest BCUT2D eigenvalue weighted by atomic mass is 9.92. The summed E-state index contributed by atoms with van der Waals surface area (Å²) in [7, 11) is 0. The summed E-state index contributed by atoms with van der Waals surface area (Å²) in [6.45, 7) is 5.27. The van der Waals surface area contributed by atoms with Crippen molar-refractivity contribution in [2.24, 2.45) is 0 Å². The van der Waals surface area contributed by atoms with Crippen molar-refractivity contribution in [2.75, 3.05) is 24.5 Å². The van der Waals surface area contributed by atoms with Gasteiger partial charge in [-0.15, -0.1) is 11.3 Å². The average molecular weight is 346 g/mol. The lowest BCUT2D eigenvalue weighted by Gasteiger charge is -2.39. The Hall–Kier alpha value is -1.99. The molecule has 1 amide bonds. The minimum absolute atomic E-state index is 0.165. The number of aliphatic hydroxyl groups is 1. The zero-order chi connectivity index (χ0) is 17.2. The molecule has 1 atom stereocenters. The SMILES string of the molecule is Cc1nc(C)c(C(=O)NC[C@@]2(O)CCCN(c3ccccn3)C2)s1. The molecule has 1 saturated heterocycles. The summed E-state index contributed by atoms with van der Waals surface area (Å²) in [4.78, 5) is 23.6. The Kier molecular flexibility index (Phi) is 4.82. The standard InChI is InChI=1S/C17H22N4O2S/c1-12-15(24-13(2)20-12)16(22)19-10-17(23)7-5-9-21(11-17)14-6-3-4-8-18-14/h3-4,6,8,23H,5,7,9-11H2,1-2H3,(H,19,22)/t17-/m0/s1. The molecule has 1 fully saturated rings. The first kappa shape index (κ1) is 16.9.